The molecule has 1 aromatic carbocycles. The molecule has 0 N–H and O–H groups in total. The molecule has 1 aromatic heterocycles. The van der Waals surface area contributed by atoms with Crippen molar-refractivity contribution >= 4 is 0 Å². The number of pyridine rings is 1. The summed E-state index contributed by atoms with van der Waals surface area (Å²) in [6, 6.07) is 7.66. The van der Waals surface area contributed by atoms with Crippen LogP contribution in [0.1, 0.15) is 11.1 Å². The van der Waals surface area contributed by atoms with Gasteiger partial charge in [0.05, 0.1) is 5.69 Å². The first kappa shape index (κ1) is 13.4. The van der Waals surface area contributed by atoms with Gasteiger partial charge in [-0.15, -0.1) is 13.2 Å². The van der Waals surface area contributed by atoms with Crippen LogP contribution in [0.3, 0.4) is 0 Å². The van der Waals surface area contributed by atoms with Crippen LogP contribution in [0.25, 0.3) is 11.3 Å². The zero-order valence-corrected chi connectivity index (χ0v) is 10.5. The second-order valence-corrected chi connectivity index (χ2v) is 4.25. The third-order valence-corrected chi connectivity index (χ3v) is 2.58. The minimum Gasteiger partial charge on any atom is -0.406 e. The standard InChI is InChI=1S/C14H12F3NO/c1-9-7-10(2)13(18-8-9)11-3-5-12(6-4-11)19-14(15,16)17/h3-8H,1-2H3. The van der Waals surface area contributed by atoms with Gasteiger partial charge in [0.15, 0.2) is 0 Å². The smallest absolute Gasteiger partial charge is 0.406 e. The van der Waals surface area contributed by atoms with E-state index in [1.54, 1.807) is 18.3 Å². The number of aromatic nitrogens is 1. The first-order valence-electron chi connectivity index (χ1n) is 5.64. The Bertz CT molecular complexity index is 576. The van der Waals surface area contributed by atoms with Gasteiger partial charge in [-0.1, -0.05) is 6.07 Å². The van der Waals surface area contributed by atoms with Crippen molar-refractivity contribution < 1.29 is 17.9 Å². The molecule has 5 heteroatoms. The fourth-order valence-electron chi connectivity index (χ4n) is 1.83. The molecule has 1 heterocycles. The molecule has 0 bridgehead atoms. The molecule has 0 amide bonds. The quantitative estimate of drug-likeness (QED) is 0.810. The lowest BCUT2D eigenvalue weighted by molar-refractivity contribution is -0.274. The lowest BCUT2D eigenvalue weighted by atomic mass is 10.1. The van der Waals surface area contributed by atoms with Gasteiger partial charge >= 0.3 is 6.36 Å². The largest absolute Gasteiger partial charge is 0.573 e. The van der Waals surface area contributed by atoms with Gasteiger partial charge in [0.1, 0.15) is 5.75 Å². The SMILES string of the molecule is Cc1cnc(-c2ccc(OC(F)(F)F)cc2)c(C)c1. The first-order valence-corrected chi connectivity index (χ1v) is 5.64. The predicted octanol–water partition coefficient (Wildman–Crippen LogP) is 4.26. The van der Waals surface area contributed by atoms with Gasteiger partial charge in [0.25, 0.3) is 0 Å². The summed E-state index contributed by atoms with van der Waals surface area (Å²) in [5, 5.41) is 0. The van der Waals surface area contributed by atoms with Crippen LogP contribution in [-0.2, 0) is 0 Å². The molecule has 0 aliphatic carbocycles. The molecule has 0 aliphatic heterocycles. The summed E-state index contributed by atoms with van der Waals surface area (Å²) in [6.45, 7) is 3.85. The van der Waals surface area contributed by atoms with Crippen LogP contribution in [0.5, 0.6) is 5.75 Å². The van der Waals surface area contributed by atoms with E-state index in [1.807, 2.05) is 19.9 Å². The molecule has 19 heavy (non-hydrogen) atoms. The van der Waals surface area contributed by atoms with Crippen LogP contribution >= 0.6 is 0 Å². The molecule has 2 rings (SSSR count). The lowest BCUT2D eigenvalue weighted by Crippen LogP contribution is -2.16. The van der Waals surface area contributed by atoms with E-state index in [-0.39, 0.29) is 5.75 Å². The van der Waals surface area contributed by atoms with E-state index >= 15 is 0 Å². The van der Waals surface area contributed by atoms with Crippen LogP contribution in [-0.4, -0.2) is 11.3 Å². The summed E-state index contributed by atoms with van der Waals surface area (Å²) >= 11 is 0. The number of aryl methyl sites for hydroxylation is 2. The predicted molar refractivity (Wildman–Crippen MR) is 65.8 cm³/mol. The highest BCUT2D eigenvalue weighted by Gasteiger charge is 2.30. The molecule has 0 aliphatic rings. The molecular formula is C14H12F3NO. The number of benzene rings is 1. The van der Waals surface area contributed by atoms with Crippen LogP contribution in [0.4, 0.5) is 13.2 Å². The summed E-state index contributed by atoms with van der Waals surface area (Å²) in [7, 11) is 0. The molecule has 0 unspecified atom stereocenters. The van der Waals surface area contributed by atoms with Crippen LogP contribution < -0.4 is 4.74 Å². The minimum atomic E-state index is -4.67. The second-order valence-electron chi connectivity index (χ2n) is 4.25. The molecular weight excluding hydrogens is 255 g/mol. The number of nitrogens with zero attached hydrogens (tertiary/aromatic N) is 1. The van der Waals surface area contributed by atoms with Crippen molar-refractivity contribution in [2.45, 2.75) is 20.2 Å². The highest BCUT2D eigenvalue weighted by molar-refractivity contribution is 5.63. The van der Waals surface area contributed by atoms with Crippen LogP contribution in [0.2, 0.25) is 0 Å². The highest BCUT2D eigenvalue weighted by Crippen LogP contribution is 2.27. The van der Waals surface area contributed by atoms with Gasteiger partial charge in [0.2, 0.25) is 0 Å². The molecule has 0 saturated heterocycles. The zero-order chi connectivity index (χ0) is 14.0. The average Bonchev–Trinajstić information content (AvgIpc) is 2.28. The van der Waals surface area contributed by atoms with Gasteiger partial charge < -0.3 is 4.74 Å². The van der Waals surface area contributed by atoms with E-state index in [9.17, 15) is 13.2 Å². The van der Waals surface area contributed by atoms with Crippen LogP contribution in [0.15, 0.2) is 36.5 Å². The Kier molecular flexibility index (Phi) is 3.46. The molecule has 2 nitrogen and oxygen atoms in total. The fraction of sp³-hybridized carbons (Fsp3) is 0.214. The van der Waals surface area contributed by atoms with E-state index in [0.29, 0.717) is 0 Å². The summed E-state index contributed by atoms with van der Waals surface area (Å²) < 4.78 is 39.9. The molecule has 2 aromatic rings. The van der Waals surface area contributed by atoms with Crippen LogP contribution in [0, 0.1) is 13.8 Å². The van der Waals surface area contributed by atoms with Crippen molar-refractivity contribution in [3.05, 3.63) is 47.7 Å². The molecule has 100 valence electrons. The Morgan fingerprint density at radius 1 is 1.05 bits per heavy atom. The second kappa shape index (κ2) is 4.91. The van der Waals surface area contributed by atoms with Crippen molar-refractivity contribution in [3.8, 4) is 17.0 Å². The Hall–Kier alpha value is -2.04. The highest BCUT2D eigenvalue weighted by atomic mass is 19.4. The van der Waals surface area contributed by atoms with E-state index in [1.165, 1.54) is 12.1 Å². The van der Waals surface area contributed by atoms with Gasteiger partial charge in [-0.2, -0.15) is 0 Å². The third kappa shape index (κ3) is 3.47. The maximum atomic E-state index is 12.0. The number of hydrogen-bond donors (Lipinski definition) is 0. The van der Waals surface area contributed by atoms with Gasteiger partial charge in [-0.25, -0.2) is 0 Å². The monoisotopic (exact) mass is 267 g/mol. The van der Waals surface area contributed by atoms with E-state index in [0.717, 1.165) is 22.4 Å². The normalized spacial score (nSPS) is 11.4. The fourth-order valence-corrected chi connectivity index (χ4v) is 1.83. The minimum absolute atomic E-state index is 0.235. The Morgan fingerprint density at radius 2 is 1.68 bits per heavy atom. The van der Waals surface area contributed by atoms with Gasteiger partial charge in [-0.05, 0) is 49.2 Å². The number of alkyl halides is 3. The first-order chi connectivity index (χ1) is 8.85. The topological polar surface area (TPSA) is 22.1 Å². The number of hydrogen-bond acceptors (Lipinski definition) is 2. The average molecular weight is 267 g/mol. The lowest BCUT2D eigenvalue weighted by Gasteiger charge is -2.10. The zero-order valence-electron chi connectivity index (χ0n) is 10.5. The molecule has 0 radical (unpaired) electrons. The van der Waals surface area contributed by atoms with E-state index in [4.69, 9.17) is 0 Å². The Morgan fingerprint density at radius 3 is 2.21 bits per heavy atom. The molecule has 0 saturated carbocycles. The van der Waals surface area contributed by atoms with Crippen molar-refractivity contribution in [2.24, 2.45) is 0 Å². The van der Waals surface area contributed by atoms with E-state index < -0.39 is 6.36 Å². The summed E-state index contributed by atoms with van der Waals surface area (Å²) in [5.74, 6) is -0.235. The molecule has 0 fully saturated rings. The summed E-state index contributed by atoms with van der Waals surface area (Å²) in [5.41, 5.74) is 3.53. The summed E-state index contributed by atoms with van der Waals surface area (Å²) in [6.07, 6.45) is -2.94. The number of halogens is 3. The van der Waals surface area contributed by atoms with Crippen molar-refractivity contribution in [1.29, 1.82) is 0 Å². The molecule has 0 spiro atoms. The maximum Gasteiger partial charge on any atom is 0.573 e. The third-order valence-electron chi connectivity index (χ3n) is 2.58. The Labute approximate surface area is 108 Å². The molecule has 0 atom stereocenters. The maximum absolute atomic E-state index is 12.0. The summed E-state index contributed by atoms with van der Waals surface area (Å²) in [4.78, 5) is 4.29. The number of rotatable bonds is 2. The van der Waals surface area contributed by atoms with Gasteiger partial charge in [-0.3, -0.25) is 4.98 Å². The van der Waals surface area contributed by atoms with Gasteiger partial charge in [0, 0.05) is 11.8 Å². The van der Waals surface area contributed by atoms with Crippen molar-refractivity contribution in [2.75, 3.05) is 0 Å². The Balaban J connectivity index is 2.27. The van der Waals surface area contributed by atoms with E-state index in [2.05, 4.69) is 9.72 Å². The van der Waals surface area contributed by atoms with Crippen molar-refractivity contribution in [3.63, 3.8) is 0 Å². The van der Waals surface area contributed by atoms with Crippen molar-refractivity contribution in [1.82, 2.24) is 4.98 Å². The number of ether oxygens (including phenoxy) is 1.